The number of rotatable bonds is 8. The molecule has 1 aromatic rings. The van der Waals surface area contributed by atoms with Gasteiger partial charge in [-0.15, -0.1) is 11.3 Å². The Morgan fingerprint density at radius 3 is 2.68 bits per heavy atom. The Kier molecular flexibility index (Phi) is 8.58. The van der Waals surface area contributed by atoms with E-state index in [9.17, 15) is 4.79 Å². The summed E-state index contributed by atoms with van der Waals surface area (Å²) >= 11 is 1.46. The van der Waals surface area contributed by atoms with Gasteiger partial charge in [-0.3, -0.25) is 9.79 Å². The molecule has 6 heteroatoms. The van der Waals surface area contributed by atoms with Crippen molar-refractivity contribution in [3.05, 3.63) is 22.4 Å². The molecule has 0 aromatic carbocycles. The number of thiophene rings is 1. The number of hydrogen-bond donors (Lipinski definition) is 3. The second kappa shape index (κ2) is 10.2. The Morgan fingerprint density at radius 1 is 1.32 bits per heavy atom. The van der Waals surface area contributed by atoms with Gasteiger partial charge in [-0.2, -0.15) is 0 Å². The monoisotopic (exact) mass is 324 g/mol. The number of nitrogens with zero attached hydrogens (tertiary/aromatic N) is 1. The minimum atomic E-state index is -0.00237. The molecule has 0 bridgehead atoms. The molecule has 0 aliphatic carbocycles. The third kappa shape index (κ3) is 6.93. The molecule has 1 heterocycles. The standard InChI is InChI=1S/C16H28N4OS/c1-5-17-16(20-13(4)12(2)3)19-10-7-9-18-15(21)14-8-6-11-22-14/h6,8,11-13H,5,7,9-10H2,1-4H3,(H,18,21)(H2,17,19,20). The molecule has 1 unspecified atom stereocenters. The number of amides is 1. The highest BCUT2D eigenvalue weighted by atomic mass is 32.1. The van der Waals surface area contributed by atoms with Crippen LogP contribution in [0.1, 0.15) is 43.8 Å². The summed E-state index contributed by atoms with van der Waals surface area (Å²) in [6.45, 7) is 10.7. The summed E-state index contributed by atoms with van der Waals surface area (Å²) in [6.07, 6.45) is 0.823. The summed E-state index contributed by atoms with van der Waals surface area (Å²) in [4.78, 5) is 17.1. The Balaban J connectivity index is 2.30. The highest BCUT2D eigenvalue weighted by Crippen LogP contribution is 2.07. The summed E-state index contributed by atoms with van der Waals surface area (Å²) in [5.74, 6) is 1.39. The minimum Gasteiger partial charge on any atom is -0.357 e. The smallest absolute Gasteiger partial charge is 0.261 e. The molecule has 0 aliphatic rings. The lowest BCUT2D eigenvalue weighted by Crippen LogP contribution is -2.44. The molecule has 0 saturated carbocycles. The fourth-order valence-corrected chi connectivity index (χ4v) is 2.31. The van der Waals surface area contributed by atoms with E-state index in [2.05, 4.69) is 48.6 Å². The topological polar surface area (TPSA) is 65.5 Å². The van der Waals surface area contributed by atoms with E-state index in [1.807, 2.05) is 17.5 Å². The predicted octanol–water partition coefficient (Wildman–Crippen LogP) is 2.47. The maximum absolute atomic E-state index is 11.8. The van der Waals surface area contributed by atoms with E-state index in [0.29, 0.717) is 25.0 Å². The van der Waals surface area contributed by atoms with Gasteiger partial charge >= 0.3 is 0 Å². The van der Waals surface area contributed by atoms with E-state index in [4.69, 9.17) is 0 Å². The number of aliphatic imine (C=N–C) groups is 1. The highest BCUT2D eigenvalue weighted by molar-refractivity contribution is 7.12. The van der Waals surface area contributed by atoms with Crippen molar-refractivity contribution in [1.29, 1.82) is 0 Å². The van der Waals surface area contributed by atoms with Gasteiger partial charge in [-0.05, 0) is 37.6 Å². The SMILES string of the molecule is CCNC(=NCCCNC(=O)c1cccs1)NC(C)C(C)C. The number of carbonyl (C=O) groups excluding carboxylic acids is 1. The summed E-state index contributed by atoms with van der Waals surface area (Å²) in [5.41, 5.74) is 0. The lowest BCUT2D eigenvalue weighted by atomic mass is 10.1. The Labute approximate surface area is 137 Å². The average molecular weight is 324 g/mol. The van der Waals surface area contributed by atoms with Gasteiger partial charge in [0.15, 0.2) is 5.96 Å². The van der Waals surface area contributed by atoms with Gasteiger partial charge in [-0.1, -0.05) is 19.9 Å². The van der Waals surface area contributed by atoms with Crippen LogP contribution >= 0.6 is 11.3 Å². The Morgan fingerprint density at radius 2 is 2.09 bits per heavy atom. The Hall–Kier alpha value is -1.56. The largest absolute Gasteiger partial charge is 0.357 e. The van der Waals surface area contributed by atoms with E-state index in [-0.39, 0.29) is 5.91 Å². The first-order valence-electron chi connectivity index (χ1n) is 7.91. The molecule has 0 saturated heterocycles. The van der Waals surface area contributed by atoms with Gasteiger partial charge in [0, 0.05) is 25.7 Å². The van der Waals surface area contributed by atoms with Crippen molar-refractivity contribution in [1.82, 2.24) is 16.0 Å². The zero-order valence-corrected chi connectivity index (χ0v) is 14.8. The van der Waals surface area contributed by atoms with E-state index < -0.39 is 0 Å². The van der Waals surface area contributed by atoms with Crippen LogP contribution in [0.2, 0.25) is 0 Å². The number of guanidine groups is 1. The van der Waals surface area contributed by atoms with E-state index >= 15 is 0 Å². The number of nitrogens with one attached hydrogen (secondary N) is 3. The van der Waals surface area contributed by atoms with Crippen molar-refractivity contribution in [3.8, 4) is 0 Å². The van der Waals surface area contributed by atoms with Crippen molar-refractivity contribution in [3.63, 3.8) is 0 Å². The van der Waals surface area contributed by atoms with Crippen LogP contribution in [0.3, 0.4) is 0 Å². The summed E-state index contributed by atoms with van der Waals surface area (Å²) in [7, 11) is 0. The summed E-state index contributed by atoms with van der Waals surface area (Å²) < 4.78 is 0. The van der Waals surface area contributed by atoms with Crippen molar-refractivity contribution >= 4 is 23.2 Å². The molecule has 5 nitrogen and oxygen atoms in total. The average Bonchev–Trinajstić information content (AvgIpc) is 3.00. The van der Waals surface area contributed by atoms with Crippen LogP contribution in [0.15, 0.2) is 22.5 Å². The van der Waals surface area contributed by atoms with E-state index in [1.165, 1.54) is 11.3 Å². The van der Waals surface area contributed by atoms with Crippen molar-refractivity contribution < 1.29 is 4.79 Å². The third-order valence-corrected chi connectivity index (χ3v) is 4.21. The van der Waals surface area contributed by atoms with Gasteiger partial charge in [0.1, 0.15) is 0 Å². The van der Waals surface area contributed by atoms with Crippen LogP contribution in [0.25, 0.3) is 0 Å². The molecule has 1 atom stereocenters. The first-order chi connectivity index (χ1) is 10.5. The molecule has 1 aromatic heterocycles. The molecule has 0 aliphatic heterocycles. The second-order valence-electron chi connectivity index (χ2n) is 5.52. The van der Waals surface area contributed by atoms with Crippen LogP contribution in [0.4, 0.5) is 0 Å². The fraction of sp³-hybridized carbons (Fsp3) is 0.625. The van der Waals surface area contributed by atoms with E-state index in [1.54, 1.807) is 0 Å². The van der Waals surface area contributed by atoms with Gasteiger partial charge in [0.2, 0.25) is 0 Å². The van der Waals surface area contributed by atoms with E-state index in [0.717, 1.165) is 23.8 Å². The molecular weight excluding hydrogens is 296 g/mol. The zero-order valence-electron chi connectivity index (χ0n) is 14.0. The van der Waals surface area contributed by atoms with Gasteiger partial charge < -0.3 is 16.0 Å². The molecule has 3 N–H and O–H groups in total. The van der Waals surface area contributed by atoms with Crippen LogP contribution < -0.4 is 16.0 Å². The second-order valence-corrected chi connectivity index (χ2v) is 6.47. The molecule has 0 radical (unpaired) electrons. The Bertz CT molecular complexity index is 457. The molecule has 1 rings (SSSR count). The third-order valence-electron chi connectivity index (χ3n) is 3.34. The van der Waals surface area contributed by atoms with Gasteiger partial charge in [0.05, 0.1) is 4.88 Å². The van der Waals surface area contributed by atoms with Crippen LogP contribution in [0, 0.1) is 5.92 Å². The van der Waals surface area contributed by atoms with Crippen LogP contribution in [0.5, 0.6) is 0 Å². The maximum Gasteiger partial charge on any atom is 0.261 e. The summed E-state index contributed by atoms with van der Waals surface area (Å²) in [6, 6.07) is 4.09. The maximum atomic E-state index is 11.8. The lowest BCUT2D eigenvalue weighted by Gasteiger charge is -2.20. The first kappa shape index (κ1) is 18.5. The molecule has 124 valence electrons. The molecule has 22 heavy (non-hydrogen) atoms. The first-order valence-corrected chi connectivity index (χ1v) is 8.79. The van der Waals surface area contributed by atoms with Gasteiger partial charge in [0.25, 0.3) is 5.91 Å². The molecule has 1 amide bonds. The van der Waals surface area contributed by atoms with Crippen molar-refractivity contribution in [2.75, 3.05) is 19.6 Å². The van der Waals surface area contributed by atoms with Crippen molar-refractivity contribution in [2.45, 2.75) is 40.2 Å². The predicted molar refractivity (Wildman–Crippen MR) is 94.7 cm³/mol. The lowest BCUT2D eigenvalue weighted by molar-refractivity contribution is 0.0957. The number of carbonyl (C=O) groups is 1. The van der Waals surface area contributed by atoms with Gasteiger partial charge in [-0.25, -0.2) is 0 Å². The molecule has 0 fully saturated rings. The molecule has 0 spiro atoms. The summed E-state index contributed by atoms with van der Waals surface area (Å²) in [5, 5.41) is 11.5. The fourth-order valence-electron chi connectivity index (χ4n) is 1.67. The normalized spacial score (nSPS) is 13.0. The van der Waals surface area contributed by atoms with Crippen LogP contribution in [-0.4, -0.2) is 37.5 Å². The van der Waals surface area contributed by atoms with Crippen LogP contribution in [-0.2, 0) is 0 Å². The van der Waals surface area contributed by atoms with Crippen molar-refractivity contribution in [2.24, 2.45) is 10.9 Å². The molecular formula is C16H28N4OS. The quantitative estimate of drug-likeness (QED) is 0.391. The number of hydrogen-bond acceptors (Lipinski definition) is 3. The highest BCUT2D eigenvalue weighted by Gasteiger charge is 2.08. The minimum absolute atomic E-state index is 0.00237. The zero-order chi connectivity index (χ0) is 16.4.